The van der Waals surface area contributed by atoms with Crippen LogP contribution in [0.3, 0.4) is 0 Å². The van der Waals surface area contributed by atoms with Gasteiger partial charge in [0.05, 0.1) is 24.0 Å². The molecule has 5 aliphatic carbocycles. The van der Waals surface area contributed by atoms with Gasteiger partial charge in [0, 0.05) is 0 Å². The summed E-state index contributed by atoms with van der Waals surface area (Å²) in [6, 6.07) is 0. The summed E-state index contributed by atoms with van der Waals surface area (Å²) in [5, 5.41) is 10.9. The molecule has 0 spiro atoms. The van der Waals surface area contributed by atoms with Crippen molar-refractivity contribution in [2.75, 3.05) is 7.11 Å². The molecule has 5 saturated carbocycles. The first kappa shape index (κ1) is 25.5. The van der Waals surface area contributed by atoms with Crippen LogP contribution in [0.15, 0.2) is 12.2 Å². The van der Waals surface area contributed by atoms with Crippen LogP contribution in [0.4, 0.5) is 0 Å². The molecule has 5 aliphatic rings. The molecule has 0 aromatic rings. The number of carbonyl (C=O) groups excluding carboxylic acids is 2. The average Bonchev–Trinajstić information content (AvgIpc) is 3.23. The largest absolute Gasteiger partial charge is 0.469 e. The van der Waals surface area contributed by atoms with E-state index in [4.69, 9.17) is 4.74 Å². The second-order valence-electron chi connectivity index (χ2n) is 14.4. The minimum absolute atomic E-state index is 0.0132. The summed E-state index contributed by atoms with van der Waals surface area (Å²) in [6.07, 6.45) is 10.7. The van der Waals surface area contributed by atoms with E-state index in [1.165, 1.54) is 5.57 Å². The van der Waals surface area contributed by atoms with Crippen molar-refractivity contribution in [3.8, 4) is 0 Å². The van der Waals surface area contributed by atoms with Gasteiger partial charge in [0.25, 0.3) is 0 Å². The molecule has 0 bridgehead atoms. The first-order valence-corrected chi connectivity index (χ1v) is 14.2. The zero-order valence-corrected chi connectivity index (χ0v) is 23.0. The molecular formula is C31H48O4. The van der Waals surface area contributed by atoms with E-state index in [2.05, 4.69) is 34.3 Å². The lowest BCUT2D eigenvalue weighted by Gasteiger charge is -2.72. The Morgan fingerprint density at radius 1 is 0.914 bits per heavy atom. The Balaban J connectivity index is 1.57. The topological polar surface area (TPSA) is 63.6 Å². The molecule has 196 valence electrons. The van der Waals surface area contributed by atoms with Gasteiger partial charge in [-0.1, -0.05) is 39.8 Å². The highest BCUT2D eigenvalue weighted by molar-refractivity contribution is 5.78. The van der Waals surface area contributed by atoms with Crippen molar-refractivity contribution in [2.24, 2.45) is 56.7 Å². The smallest absolute Gasteiger partial charge is 0.312 e. The Labute approximate surface area is 212 Å². The zero-order chi connectivity index (χ0) is 25.6. The van der Waals surface area contributed by atoms with E-state index < -0.39 is 11.5 Å². The quantitative estimate of drug-likeness (QED) is 0.288. The van der Waals surface area contributed by atoms with Gasteiger partial charge in [-0.05, 0) is 117 Å². The molecule has 11 atom stereocenters. The predicted octanol–water partition coefficient (Wildman–Crippen LogP) is 6.36. The molecular weight excluding hydrogens is 436 g/mol. The van der Waals surface area contributed by atoms with Crippen molar-refractivity contribution in [2.45, 2.75) is 105 Å². The molecule has 5 fully saturated rings. The molecule has 0 aromatic heterocycles. The summed E-state index contributed by atoms with van der Waals surface area (Å²) in [6.45, 7) is 16.1. The molecule has 4 heteroatoms. The van der Waals surface area contributed by atoms with Crippen LogP contribution in [-0.4, -0.2) is 30.6 Å². The normalized spacial score (nSPS) is 55.1. The number of rotatable bonds is 3. The maximum absolute atomic E-state index is 13.3. The van der Waals surface area contributed by atoms with Gasteiger partial charge in [-0.2, -0.15) is 0 Å². The molecule has 0 aliphatic heterocycles. The molecule has 0 aromatic carbocycles. The van der Waals surface area contributed by atoms with Crippen LogP contribution in [0.1, 0.15) is 98.8 Å². The fourth-order valence-corrected chi connectivity index (χ4v) is 11.6. The van der Waals surface area contributed by atoms with Gasteiger partial charge in [0.2, 0.25) is 0 Å². The van der Waals surface area contributed by atoms with Crippen LogP contribution < -0.4 is 0 Å². The third-order valence-corrected chi connectivity index (χ3v) is 13.6. The summed E-state index contributed by atoms with van der Waals surface area (Å²) in [5.41, 5.74) is 0.620. The van der Waals surface area contributed by atoms with Crippen molar-refractivity contribution < 1.29 is 19.4 Å². The number of allylic oxidation sites excluding steroid dienone is 1. The Kier molecular flexibility index (Phi) is 5.77. The van der Waals surface area contributed by atoms with E-state index >= 15 is 0 Å². The first-order chi connectivity index (χ1) is 16.4. The zero-order valence-electron chi connectivity index (χ0n) is 23.0. The van der Waals surface area contributed by atoms with Crippen LogP contribution in [0.25, 0.3) is 0 Å². The number of hydrogen-bond donors (Lipinski definition) is 1. The van der Waals surface area contributed by atoms with Gasteiger partial charge in [-0.3, -0.25) is 4.79 Å². The number of ether oxygens (including phenoxy) is 1. The number of aliphatic hydroxyl groups is 1. The molecule has 0 amide bonds. The van der Waals surface area contributed by atoms with E-state index in [1.54, 1.807) is 7.11 Å². The summed E-state index contributed by atoms with van der Waals surface area (Å²) in [4.78, 5) is 25.7. The summed E-state index contributed by atoms with van der Waals surface area (Å²) in [7, 11) is 1.57. The van der Waals surface area contributed by atoms with Crippen LogP contribution >= 0.6 is 0 Å². The van der Waals surface area contributed by atoms with E-state index in [0.717, 1.165) is 70.5 Å². The molecule has 35 heavy (non-hydrogen) atoms. The van der Waals surface area contributed by atoms with Crippen LogP contribution in [-0.2, 0) is 14.3 Å². The fraction of sp³-hybridized carbons (Fsp3) is 0.871. The Morgan fingerprint density at radius 2 is 1.63 bits per heavy atom. The molecule has 1 N–H and O–H groups in total. The van der Waals surface area contributed by atoms with Gasteiger partial charge in [-0.25, -0.2) is 0 Å². The highest BCUT2D eigenvalue weighted by atomic mass is 16.5. The summed E-state index contributed by atoms with van der Waals surface area (Å²) >= 11 is 0. The number of esters is 1. The van der Waals surface area contributed by atoms with Gasteiger partial charge in [0.15, 0.2) is 0 Å². The number of hydrogen-bond acceptors (Lipinski definition) is 4. The minimum Gasteiger partial charge on any atom is -0.469 e. The number of aliphatic hydroxyl groups excluding tert-OH is 1. The Bertz CT molecular complexity index is 927. The lowest BCUT2D eigenvalue weighted by atomic mass is 9.32. The Morgan fingerprint density at radius 3 is 2.26 bits per heavy atom. The molecule has 0 heterocycles. The van der Waals surface area contributed by atoms with Gasteiger partial charge in [0.1, 0.15) is 6.29 Å². The molecule has 4 nitrogen and oxygen atoms in total. The molecule has 0 radical (unpaired) electrons. The van der Waals surface area contributed by atoms with E-state index in [1.807, 2.05) is 6.92 Å². The average molecular weight is 485 g/mol. The van der Waals surface area contributed by atoms with Crippen molar-refractivity contribution in [3.05, 3.63) is 12.2 Å². The third-order valence-electron chi connectivity index (χ3n) is 13.6. The van der Waals surface area contributed by atoms with Crippen LogP contribution in [0.5, 0.6) is 0 Å². The van der Waals surface area contributed by atoms with E-state index in [0.29, 0.717) is 23.7 Å². The maximum Gasteiger partial charge on any atom is 0.312 e. The Hall–Kier alpha value is -1.16. The van der Waals surface area contributed by atoms with Crippen LogP contribution in [0, 0.1) is 56.7 Å². The third kappa shape index (κ3) is 2.95. The lowest BCUT2D eigenvalue weighted by Crippen LogP contribution is -2.67. The monoisotopic (exact) mass is 484 g/mol. The van der Waals surface area contributed by atoms with E-state index in [9.17, 15) is 14.7 Å². The highest BCUT2D eigenvalue weighted by Gasteiger charge is 2.72. The van der Waals surface area contributed by atoms with E-state index in [-0.39, 0.29) is 33.5 Å². The van der Waals surface area contributed by atoms with Crippen molar-refractivity contribution in [1.82, 2.24) is 0 Å². The minimum atomic E-state index is -0.644. The number of carbonyl (C=O) groups is 2. The SMILES string of the molecule is C=C(C)C1CCC2(C(=O)OC)CC[C@]3(C)C(CCC4[C@@]5(C)CC[C@H](O)[C@@](C)(C=O)C5CC[C@]43C)C12. The van der Waals surface area contributed by atoms with Crippen molar-refractivity contribution in [1.29, 1.82) is 0 Å². The molecule has 0 saturated heterocycles. The second-order valence-corrected chi connectivity index (χ2v) is 14.4. The predicted molar refractivity (Wildman–Crippen MR) is 137 cm³/mol. The molecule has 6 unspecified atom stereocenters. The summed E-state index contributed by atoms with van der Waals surface area (Å²) in [5.74, 6) is 2.00. The number of fused-ring (bicyclic) bond motifs is 7. The summed E-state index contributed by atoms with van der Waals surface area (Å²) < 4.78 is 5.47. The van der Waals surface area contributed by atoms with Gasteiger partial charge >= 0.3 is 5.97 Å². The van der Waals surface area contributed by atoms with Crippen LogP contribution in [0.2, 0.25) is 0 Å². The molecule has 5 rings (SSSR count). The first-order valence-electron chi connectivity index (χ1n) is 14.2. The van der Waals surface area contributed by atoms with Gasteiger partial charge in [-0.15, -0.1) is 0 Å². The van der Waals surface area contributed by atoms with Crippen molar-refractivity contribution in [3.63, 3.8) is 0 Å². The highest BCUT2D eigenvalue weighted by Crippen LogP contribution is 2.77. The second kappa shape index (κ2) is 7.92. The number of methoxy groups -OCH3 is 1. The fourth-order valence-electron chi connectivity index (χ4n) is 11.6. The maximum atomic E-state index is 13.3. The standard InChI is InChI=1S/C31H48O4/c1-19(2)20-10-15-31(26(34)35-7)17-16-29(5)21(25(20)31)8-9-23-27(3)13-12-24(33)28(4,18-32)22(27)11-14-30(23,29)6/h18,20-25,33H,1,8-17H2,2-7H3/t20?,21?,22?,23?,24-,25?,27-,28-,29+,30+,31?/m0/s1. The number of aldehydes is 1. The van der Waals surface area contributed by atoms with Crippen molar-refractivity contribution >= 4 is 12.3 Å². The lowest BCUT2D eigenvalue weighted by molar-refractivity contribution is -0.246. The van der Waals surface area contributed by atoms with Gasteiger partial charge < -0.3 is 14.6 Å².